The molecule has 6 atom stereocenters. The maximum Gasteiger partial charge on any atom is 0.407 e. The Labute approximate surface area is 222 Å². The van der Waals surface area contributed by atoms with E-state index in [1.54, 1.807) is 7.11 Å². The summed E-state index contributed by atoms with van der Waals surface area (Å²) in [5.41, 5.74) is 0.692. The molecule has 0 bridgehead atoms. The highest BCUT2D eigenvalue weighted by molar-refractivity contribution is 14.1. The summed E-state index contributed by atoms with van der Waals surface area (Å²) in [6, 6.07) is 0.209. The molecule has 1 spiro atoms. The molecular weight excluding hydrogens is 565 g/mol. The monoisotopic (exact) mass is 605 g/mol. The van der Waals surface area contributed by atoms with Gasteiger partial charge in [-0.15, -0.1) is 0 Å². The van der Waals surface area contributed by atoms with Crippen LogP contribution in [0.1, 0.15) is 65.7 Å². The van der Waals surface area contributed by atoms with E-state index < -0.39 is 6.09 Å². The molecule has 2 amide bonds. The molecule has 4 rings (SSSR count). The van der Waals surface area contributed by atoms with Gasteiger partial charge in [0.05, 0.1) is 25.2 Å². The minimum atomic E-state index is -0.395. The van der Waals surface area contributed by atoms with Crippen LogP contribution in [-0.2, 0) is 23.7 Å². The first-order chi connectivity index (χ1) is 16.7. The number of carbonyl (C=O) groups excluding carboxylic acids is 2. The Morgan fingerprint density at radius 2 is 1.77 bits per heavy atom. The number of epoxide rings is 2. The van der Waals surface area contributed by atoms with Crippen molar-refractivity contribution in [2.45, 2.75) is 107 Å². The quantitative estimate of drug-likeness (QED) is 0.160. The van der Waals surface area contributed by atoms with Gasteiger partial charge in [0.1, 0.15) is 23.4 Å². The normalized spacial score (nSPS) is 40.0. The third-order valence-corrected chi connectivity index (χ3v) is 8.52. The summed E-state index contributed by atoms with van der Waals surface area (Å²) < 4.78 is 27.0. The number of alkyl carbamates (subject to hydrolysis) is 1. The van der Waals surface area contributed by atoms with Gasteiger partial charge in [0.15, 0.2) is 0 Å². The van der Waals surface area contributed by atoms with Gasteiger partial charge in [-0.25, -0.2) is 4.79 Å². The van der Waals surface area contributed by atoms with E-state index >= 15 is 0 Å². The van der Waals surface area contributed by atoms with Gasteiger partial charge in [-0.05, 0) is 65.7 Å². The molecule has 2 aliphatic carbocycles. The Hall–Kier alpha value is -0.950. The summed E-state index contributed by atoms with van der Waals surface area (Å²) in [4.78, 5) is 24.6. The highest BCUT2D eigenvalue weighted by Crippen LogP contribution is 2.59. The first-order valence-corrected chi connectivity index (χ1v) is 13.9. The van der Waals surface area contributed by atoms with Crippen molar-refractivity contribution in [3.8, 4) is 0 Å². The van der Waals surface area contributed by atoms with Crippen LogP contribution >= 0.6 is 22.9 Å². The molecule has 0 aromatic carbocycles. The highest BCUT2D eigenvalue weighted by atomic mass is 127. The van der Waals surface area contributed by atoms with Gasteiger partial charge < -0.3 is 29.6 Å². The van der Waals surface area contributed by atoms with Crippen molar-refractivity contribution in [2.75, 3.05) is 20.3 Å². The number of halogens is 1. The van der Waals surface area contributed by atoms with Crippen molar-refractivity contribution >= 4 is 34.9 Å². The van der Waals surface area contributed by atoms with E-state index in [4.69, 9.17) is 18.9 Å². The average molecular weight is 606 g/mol. The second kappa shape index (κ2) is 11.2. The molecule has 2 saturated heterocycles. The van der Waals surface area contributed by atoms with Crippen LogP contribution < -0.4 is 14.2 Å². The van der Waals surface area contributed by atoms with Gasteiger partial charge in [0.25, 0.3) is 0 Å². The first-order valence-electron chi connectivity index (χ1n) is 12.8. The molecule has 2 saturated carbocycles. The second-order valence-corrected chi connectivity index (χ2v) is 11.7. The van der Waals surface area contributed by atoms with Crippen LogP contribution in [0.5, 0.6) is 0 Å². The molecule has 0 radical (unpaired) electrons. The fraction of sp³-hybridized carbons (Fsp3) is 0.840. The number of hydrogen-bond donors (Lipinski definition) is 3. The smallest absolute Gasteiger partial charge is 0.407 e. The molecule has 3 N–H and O–H groups in total. The molecule has 0 aromatic rings. The molecule has 4 aliphatic rings. The summed E-state index contributed by atoms with van der Waals surface area (Å²) in [6.45, 7) is 7.35. The zero-order valence-corrected chi connectivity index (χ0v) is 23.4. The SMILES string of the molecule is COC1C(OC(=O)NC2CCC(NC(=O)CNI)CC2)CC[C@]2(CO2)C1[C@@]1(C)O[C@@H]1CC=C(C)C. The van der Waals surface area contributed by atoms with Crippen LogP contribution in [0.3, 0.4) is 0 Å². The van der Waals surface area contributed by atoms with Crippen molar-refractivity contribution in [3.05, 3.63) is 11.6 Å². The molecule has 2 heterocycles. The molecular formula is C25H40IN3O6. The van der Waals surface area contributed by atoms with Crippen molar-refractivity contribution in [2.24, 2.45) is 5.92 Å². The Morgan fingerprint density at radius 3 is 2.34 bits per heavy atom. The third-order valence-electron chi connectivity index (χ3n) is 8.14. The fourth-order valence-corrected chi connectivity index (χ4v) is 6.48. The van der Waals surface area contributed by atoms with Gasteiger partial charge in [-0.3, -0.25) is 8.32 Å². The Balaban J connectivity index is 1.30. The molecule has 4 fully saturated rings. The molecule has 198 valence electrons. The number of hydrogen-bond acceptors (Lipinski definition) is 7. The lowest BCUT2D eigenvalue weighted by molar-refractivity contribution is -0.120. The number of rotatable bonds is 9. The average Bonchev–Trinajstić information content (AvgIpc) is 3.72. The summed E-state index contributed by atoms with van der Waals surface area (Å²) >= 11 is 1.96. The van der Waals surface area contributed by atoms with Gasteiger partial charge in [0, 0.05) is 42.1 Å². The molecule has 3 unspecified atom stereocenters. The van der Waals surface area contributed by atoms with E-state index in [9.17, 15) is 9.59 Å². The summed E-state index contributed by atoms with van der Waals surface area (Å²) in [5, 5.41) is 6.08. The molecule has 9 nitrogen and oxygen atoms in total. The number of carbonyl (C=O) groups is 2. The minimum absolute atomic E-state index is 0.00141. The number of nitrogens with one attached hydrogen (secondary N) is 3. The first kappa shape index (κ1) is 27.1. The molecule has 0 aromatic heterocycles. The Bertz CT molecular complexity index is 809. The van der Waals surface area contributed by atoms with Gasteiger partial charge >= 0.3 is 6.09 Å². The van der Waals surface area contributed by atoms with Gasteiger partial charge in [-0.1, -0.05) is 11.6 Å². The lowest BCUT2D eigenvalue weighted by Crippen LogP contribution is -2.56. The summed E-state index contributed by atoms with van der Waals surface area (Å²) in [6.07, 6.45) is 7.03. The van der Waals surface area contributed by atoms with Gasteiger partial charge in [0.2, 0.25) is 5.91 Å². The lowest BCUT2D eigenvalue weighted by atomic mass is 9.68. The predicted molar refractivity (Wildman–Crippen MR) is 139 cm³/mol. The van der Waals surface area contributed by atoms with E-state index in [1.807, 2.05) is 22.9 Å². The van der Waals surface area contributed by atoms with Crippen LogP contribution in [0.4, 0.5) is 4.79 Å². The highest BCUT2D eigenvalue weighted by Gasteiger charge is 2.72. The zero-order chi connectivity index (χ0) is 25.2. The number of methoxy groups -OCH3 is 1. The topological polar surface area (TPSA) is 114 Å². The minimum Gasteiger partial charge on any atom is -0.443 e. The van der Waals surface area contributed by atoms with E-state index in [1.165, 1.54) is 5.57 Å². The van der Waals surface area contributed by atoms with Crippen molar-refractivity contribution in [1.29, 1.82) is 0 Å². The number of ether oxygens (including phenoxy) is 4. The summed E-state index contributed by atoms with van der Waals surface area (Å²) in [5.74, 6) is 0.0136. The standard InChI is InChI=1S/C25H40IN3O6/c1-15(2)5-10-19-24(3,35-19)22-21(32-4)18(11-12-25(22)14-33-25)34-23(31)29-17-8-6-16(7-9-17)28-20(30)13-27-26/h5,16-19,21-22,27H,6-14H2,1-4H3,(H,28,30)(H,29,31)/t16?,17?,18?,19-,21?,22?,24+,25+/m1/s1. The van der Waals surface area contributed by atoms with Crippen LogP contribution in [0.15, 0.2) is 11.6 Å². The van der Waals surface area contributed by atoms with Crippen LogP contribution in [0.2, 0.25) is 0 Å². The van der Waals surface area contributed by atoms with Crippen molar-refractivity contribution < 1.29 is 28.5 Å². The molecule has 2 aliphatic heterocycles. The second-order valence-electron chi connectivity index (χ2n) is 10.9. The number of allylic oxidation sites excluding steroid dienone is 1. The van der Waals surface area contributed by atoms with E-state index in [-0.39, 0.29) is 53.4 Å². The largest absolute Gasteiger partial charge is 0.443 e. The maximum atomic E-state index is 12.8. The summed E-state index contributed by atoms with van der Waals surface area (Å²) in [7, 11) is 1.69. The lowest BCUT2D eigenvalue weighted by Gasteiger charge is -2.42. The van der Waals surface area contributed by atoms with Crippen LogP contribution in [0.25, 0.3) is 0 Å². The molecule has 35 heavy (non-hydrogen) atoms. The Morgan fingerprint density at radius 1 is 1.11 bits per heavy atom. The van der Waals surface area contributed by atoms with E-state index in [0.717, 1.165) is 38.5 Å². The van der Waals surface area contributed by atoms with E-state index in [2.05, 4.69) is 41.0 Å². The predicted octanol–water partition coefficient (Wildman–Crippen LogP) is 3.16. The number of amides is 2. The fourth-order valence-electron chi connectivity index (χ4n) is 6.13. The van der Waals surface area contributed by atoms with Crippen LogP contribution in [-0.4, -0.2) is 73.9 Å². The Kier molecular flexibility index (Phi) is 8.67. The maximum absolute atomic E-state index is 12.8. The zero-order valence-electron chi connectivity index (χ0n) is 21.2. The molecule has 10 heteroatoms. The van der Waals surface area contributed by atoms with Crippen LogP contribution in [0, 0.1) is 5.92 Å². The third kappa shape index (κ3) is 6.31. The van der Waals surface area contributed by atoms with Crippen molar-refractivity contribution in [3.63, 3.8) is 0 Å². The van der Waals surface area contributed by atoms with E-state index in [0.29, 0.717) is 19.6 Å². The van der Waals surface area contributed by atoms with Gasteiger partial charge in [-0.2, -0.15) is 0 Å². The van der Waals surface area contributed by atoms with Crippen molar-refractivity contribution in [1.82, 2.24) is 14.2 Å².